The number of ketones is 1. The Morgan fingerprint density at radius 1 is 1.73 bits per heavy atom. The monoisotopic (exact) mass is 152 g/mol. The molecule has 1 aromatic heterocycles. The van der Waals surface area contributed by atoms with Crippen LogP contribution < -0.4 is 0 Å². The zero-order valence-corrected chi connectivity index (χ0v) is 6.87. The van der Waals surface area contributed by atoms with Crippen LogP contribution in [0.4, 0.5) is 0 Å². The molecule has 0 N–H and O–H groups in total. The predicted octanol–water partition coefficient (Wildman–Crippen LogP) is 1.40. The van der Waals surface area contributed by atoms with E-state index in [1.807, 2.05) is 14.0 Å². The lowest BCUT2D eigenvalue weighted by Crippen LogP contribution is -2.00. The fourth-order valence-corrected chi connectivity index (χ4v) is 0.919. The molecule has 1 rings (SSSR count). The van der Waals surface area contributed by atoms with Crippen LogP contribution in [0.1, 0.15) is 30.3 Å². The molecule has 0 aliphatic carbocycles. The summed E-state index contributed by atoms with van der Waals surface area (Å²) in [6.07, 6.45) is 3.26. The largest absolute Gasteiger partial charge is 0.292 e. The molecular weight excluding hydrogens is 140 g/mol. The summed E-state index contributed by atoms with van der Waals surface area (Å²) in [6.45, 7) is 1.99. The van der Waals surface area contributed by atoms with Gasteiger partial charge in [-0.3, -0.25) is 9.48 Å². The van der Waals surface area contributed by atoms with E-state index >= 15 is 0 Å². The van der Waals surface area contributed by atoms with Gasteiger partial charge < -0.3 is 0 Å². The molecule has 0 aliphatic heterocycles. The molecular formula is C8H12N2O. The summed E-state index contributed by atoms with van der Waals surface area (Å²) in [7, 11) is 1.81. The Hall–Kier alpha value is -1.12. The lowest BCUT2D eigenvalue weighted by Gasteiger charge is -1.91. The van der Waals surface area contributed by atoms with E-state index in [-0.39, 0.29) is 5.78 Å². The topological polar surface area (TPSA) is 34.9 Å². The number of Topliss-reactive ketones (excluding diaryl/α,β-unsaturated/α-hetero) is 1. The molecule has 0 atom stereocenters. The van der Waals surface area contributed by atoms with Gasteiger partial charge in [0.05, 0.1) is 0 Å². The quantitative estimate of drug-likeness (QED) is 0.614. The molecule has 0 radical (unpaired) electrons. The minimum atomic E-state index is 0.133. The van der Waals surface area contributed by atoms with Crippen LogP contribution in [0.3, 0.4) is 0 Å². The molecule has 0 unspecified atom stereocenters. The summed E-state index contributed by atoms with van der Waals surface area (Å²) in [5, 5.41) is 4.00. The summed E-state index contributed by atoms with van der Waals surface area (Å²) in [6, 6.07) is 1.75. The van der Waals surface area contributed by atoms with Crippen LogP contribution in [-0.4, -0.2) is 15.6 Å². The second kappa shape index (κ2) is 3.32. The average molecular weight is 152 g/mol. The first-order valence-corrected chi connectivity index (χ1v) is 3.77. The number of hydrogen-bond acceptors (Lipinski definition) is 2. The van der Waals surface area contributed by atoms with Crippen LogP contribution in [0.25, 0.3) is 0 Å². The fourth-order valence-electron chi connectivity index (χ4n) is 0.919. The van der Waals surface area contributed by atoms with Crippen molar-refractivity contribution >= 4 is 5.78 Å². The normalized spacial score (nSPS) is 10.0. The number of carbonyl (C=O) groups is 1. The van der Waals surface area contributed by atoms with Gasteiger partial charge >= 0.3 is 0 Å². The predicted molar refractivity (Wildman–Crippen MR) is 42.4 cm³/mol. The highest BCUT2D eigenvalue weighted by Gasteiger charge is 2.05. The third-order valence-electron chi connectivity index (χ3n) is 1.48. The number of nitrogens with zero attached hydrogens (tertiary/aromatic N) is 2. The minimum absolute atomic E-state index is 0.133. The van der Waals surface area contributed by atoms with Crippen LogP contribution in [0.5, 0.6) is 0 Å². The molecule has 60 valence electrons. The Bertz CT molecular complexity index is 252. The van der Waals surface area contributed by atoms with Crippen LogP contribution in [0.15, 0.2) is 12.3 Å². The smallest absolute Gasteiger partial charge is 0.183 e. The van der Waals surface area contributed by atoms with Crippen LogP contribution in [0.2, 0.25) is 0 Å². The number of rotatable bonds is 3. The first-order valence-electron chi connectivity index (χ1n) is 3.77. The van der Waals surface area contributed by atoms with Crippen molar-refractivity contribution in [2.75, 3.05) is 0 Å². The van der Waals surface area contributed by atoms with E-state index in [1.54, 1.807) is 16.9 Å². The van der Waals surface area contributed by atoms with Crippen molar-refractivity contribution in [2.45, 2.75) is 19.8 Å². The standard InChI is InChI=1S/C8H12N2O/c1-3-4-8(11)7-5-6-10(2)9-7/h5-6H,3-4H2,1-2H3. The summed E-state index contributed by atoms with van der Waals surface area (Å²) < 4.78 is 1.64. The number of carbonyl (C=O) groups excluding carboxylic acids is 1. The molecule has 0 spiro atoms. The van der Waals surface area contributed by atoms with Crippen molar-refractivity contribution in [1.82, 2.24) is 9.78 Å². The van der Waals surface area contributed by atoms with Gasteiger partial charge in [0, 0.05) is 19.7 Å². The zero-order valence-electron chi connectivity index (χ0n) is 6.87. The van der Waals surface area contributed by atoms with Gasteiger partial charge in [0.15, 0.2) is 5.78 Å². The molecule has 0 amide bonds. The van der Waals surface area contributed by atoms with Crippen molar-refractivity contribution < 1.29 is 4.79 Å². The third kappa shape index (κ3) is 1.90. The van der Waals surface area contributed by atoms with Gasteiger partial charge in [-0.2, -0.15) is 5.10 Å². The summed E-state index contributed by atoms with van der Waals surface area (Å²) in [4.78, 5) is 11.2. The highest BCUT2D eigenvalue weighted by Crippen LogP contribution is 2.00. The van der Waals surface area contributed by atoms with Gasteiger partial charge in [-0.1, -0.05) is 6.92 Å². The van der Waals surface area contributed by atoms with Gasteiger partial charge in [-0.05, 0) is 12.5 Å². The highest BCUT2D eigenvalue weighted by atomic mass is 16.1. The van der Waals surface area contributed by atoms with Crippen molar-refractivity contribution in [3.63, 3.8) is 0 Å². The fraction of sp³-hybridized carbons (Fsp3) is 0.500. The van der Waals surface area contributed by atoms with Gasteiger partial charge in [0.1, 0.15) is 5.69 Å². The molecule has 0 bridgehead atoms. The summed E-state index contributed by atoms with van der Waals surface area (Å²) >= 11 is 0. The summed E-state index contributed by atoms with van der Waals surface area (Å²) in [5.74, 6) is 0.133. The van der Waals surface area contributed by atoms with Crippen molar-refractivity contribution in [1.29, 1.82) is 0 Å². The Labute approximate surface area is 66.0 Å². The van der Waals surface area contributed by atoms with Crippen LogP contribution >= 0.6 is 0 Å². The number of hydrogen-bond donors (Lipinski definition) is 0. The van der Waals surface area contributed by atoms with E-state index in [4.69, 9.17) is 0 Å². The summed E-state index contributed by atoms with van der Waals surface area (Å²) in [5.41, 5.74) is 0.578. The van der Waals surface area contributed by atoms with Crippen molar-refractivity contribution in [2.24, 2.45) is 7.05 Å². The number of aryl methyl sites for hydroxylation is 1. The molecule has 3 nitrogen and oxygen atoms in total. The Kier molecular flexibility index (Phi) is 2.41. The molecule has 1 heterocycles. The number of aromatic nitrogens is 2. The van der Waals surface area contributed by atoms with Gasteiger partial charge in [0.25, 0.3) is 0 Å². The van der Waals surface area contributed by atoms with Gasteiger partial charge in [-0.15, -0.1) is 0 Å². The Balaban J connectivity index is 2.69. The average Bonchev–Trinajstić information content (AvgIpc) is 2.36. The molecule has 0 aromatic carbocycles. The third-order valence-corrected chi connectivity index (χ3v) is 1.48. The Morgan fingerprint density at radius 3 is 2.91 bits per heavy atom. The van der Waals surface area contributed by atoms with Gasteiger partial charge in [-0.25, -0.2) is 0 Å². The maximum absolute atomic E-state index is 11.2. The maximum Gasteiger partial charge on any atom is 0.183 e. The first-order chi connectivity index (χ1) is 5.24. The van der Waals surface area contributed by atoms with E-state index in [0.29, 0.717) is 12.1 Å². The molecule has 0 saturated carbocycles. The van der Waals surface area contributed by atoms with Crippen molar-refractivity contribution in [3.8, 4) is 0 Å². The molecule has 1 aromatic rings. The highest BCUT2D eigenvalue weighted by molar-refractivity contribution is 5.93. The van der Waals surface area contributed by atoms with E-state index in [2.05, 4.69) is 5.10 Å². The first kappa shape index (κ1) is 7.98. The van der Waals surface area contributed by atoms with E-state index in [9.17, 15) is 4.79 Å². The van der Waals surface area contributed by atoms with Crippen LogP contribution in [-0.2, 0) is 7.05 Å². The van der Waals surface area contributed by atoms with Gasteiger partial charge in [0.2, 0.25) is 0 Å². The van der Waals surface area contributed by atoms with E-state index in [1.165, 1.54) is 0 Å². The maximum atomic E-state index is 11.2. The minimum Gasteiger partial charge on any atom is -0.292 e. The lowest BCUT2D eigenvalue weighted by molar-refractivity contribution is 0.0976. The molecule has 0 aliphatic rings. The molecule has 0 saturated heterocycles. The van der Waals surface area contributed by atoms with Crippen molar-refractivity contribution in [3.05, 3.63) is 18.0 Å². The van der Waals surface area contributed by atoms with E-state index in [0.717, 1.165) is 6.42 Å². The molecule has 0 fully saturated rings. The molecule has 3 heteroatoms. The molecule has 11 heavy (non-hydrogen) atoms. The van der Waals surface area contributed by atoms with E-state index < -0.39 is 0 Å². The SMILES string of the molecule is CCCC(=O)c1ccn(C)n1. The zero-order chi connectivity index (χ0) is 8.27. The second-order valence-corrected chi connectivity index (χ2v) is 2.55. The Morgan fingerprint density at radius 2 is 2.45 bits per heavy atom. The lowest BCUT2D eigenvalue weighted by atomic mass is 10.2. The van der Waals surface area contributed by atoms with Crippen LogP contribution in [0, 0.1) is 0 Å². The second-order valence-electron chi connectivity index (χ2n) is 2.55.